The molecule has 2 heterocycles. The average Bonchev–Trinajstić information content (AvgIpc) is 2.97. The number of aliphatic carboxylic acids is 1. The lowest BCUT2D eigenvalue weighted by atomic mass is 9.81. The first-order valence-electron chi connectivity index (χ1n) is 7.41. The van der Waals surface area contributed by atoms with Crippen molar-refractivity contribution in [3.63, 3.8) is 0 Å². The van der Waals surface area contributed by atoms with Crippen molar-refractivity contribution < 1.29 is 14.6 Å². The standard InChI is InChI=1S/C17H20N2O3/c1-16(2)12-17(15(20)21,8-9-22-16)19-11-14(10-18-19)13-6-4-3-5-7-13/h3-7,10-11H,8-9,12H2,1-2H3,(H,20,21). The second-order valence-electron chi connectivity index (χ2n) is 6.41. The van der Waals surface area contributed by atoms with E-state index in [9.17, 15) is 9.90 Å². The average molecular weight is 300 g/mol. The van der Waals surface area contributed by atoms with Crippen molar-refractivity contribution in [1.29, 1.82) is 0 Å². The summed E-state index contributed by atoms with van der Waals surface area (Å²) in [6.07, 6.45) is 4.36. The number of ether oxygens (including phenoxy) is 1. The molecule has 22 heavy (non-hydrogen) atoms. The van der Waals surface area contributed by atoms with Crippen LogP contribution in [-0.4, -0.2) is 33.1 Å². The van der Waals surface area contributed by atoms with Crippen molar-refractivity contribution in [3.8, 4) is 11.1 Å². The van der Waals surface area contributed by atoms with Crippen LogP contribution in [-0.2, 0) is 15.1 Å². The molecule has 0 spiro atoms. The maximum absolute atomic E-state index is 12.0. The molecule has 1 atom stereocenters. The minimum Gasteiger partial charge on any atom is -0.479 e. The van der Waals surface area contributed by atoms with E-state index in [2.05, 4.69) is 5.10 Å². The minimum absolute atomic E-state index is 0.394. The molecule has 1 unspecified atom stereocenters. The van der Waals surface area contributed by atoms with Crippen molar-refractivity contribution in [2.24, 2.45) is 0 Å². The van der Waals surface area contributed by atoms with Crippen molar-refractivity contribution in [2.75, 3.05) is 6.61 Å². The van der Waals surface area contributed by atoms with E-state index in [1.807, 2.05) is 50.4 Å². The van der Waals surface area contributed by atoms with Gasteiger partial charge in [-0.25, -0.2) is 4.79 Å². The van der Waals surface area contributed by atoms with Gasteiger partial charge >= 0.3 is 5.97 Å². The van der Waals surface area contributed by atoms with Crippen molar-refractivity contribution in [3.05, 3.63) is 42.7 Å². The third kappa shape index (κ3) is 2.52. The van der Waals surface area contributed by atoms with Crippen LogP contribution in [0, 0.1) is 0 Å². The molecule has 1 aliphatic heterocycles. The molecule has 0 amide bonds. The molecule has 3 rings (SSSR count). The molecule has 1 aromatic carbocycles. The third-order valence-electron chi connectivity index (χ3n) is 4.25. The number of carbonyl (C=O) groups is 1. The Bertz CT molecular complexity index is 678. The van der Waals surface area contributed by atoms with Gasteiger partial charge in [-0.2, -0.15) is 5.10 Å². The highest BCUT2D eigenvalue weighted by molar-refractivity contribution is 5.77. The van der Waals surface area contributed by atoms with E-state index in [4.69, 9.17) is 4.74 Å². The summed E-state index contributed by atoms with van der Waals surface area (Å²) in [5.41, 5.74) is 0.427. The smallest absolute Gasteiger partial charge is 0.331 e. The number of hydrogen-bond acceptors (Lipinski definition) is 3. The Hall–Kier alpha value is -2.14. The Balaban J connectivity index is 2.00. The molecule has 1 aliphatic rings. The fraction of sp³-hybridized carbons (Fsp3) is 0.412. The van der Waals surface area contributed by atoms with Gasteiger partial charge in [-0.15, -0.1) is 0 Å². The normalized spacial score (nSPS) is 24.1. The van der Waals surface area contributed by atoms with Gasteiger partial charge in [-0.1, -0.05) is 30.3 Å². The molecule has 2 aromatic rings. The van der Waals surface area contributed by atoms with Crippen LogP contribution in [0.25, 0.3) is 11.1 Å². The molecular formula is C17H20N2O3. The highest BCUT2D eigenvalue weighted by Gasteiger charge is 2.49. The second kappa shape index (κ2) is 5.25. The largest absolute Gasteiger partial charge is 0.479 e. The Morgan fingerprint density at radius 1 is 1.27 bits per heavy atom. The number of benzene rings is 1. The summed E-state index contributed by atoms with van der Waals surface area (Å²) in [5.74, 6) is -0.855. The van der Waals surface area contributed by atoms with E-state index < -0.39 is 17.1 Å². The van der Waals surface area contributed by atoms with Crippen LogP contribution >= 0.6 is 0 Å². The summed E-state index contributed by atoms with van der Waals surface area (Å²) in [4.78, 5) is 12.0. The third-order valence-corrected chi connectivity index (χ3v) is 4.25. The summed E-state index contributed by atoms with van der Waals surface area (Å²) in [5, 5.41) is 14.2. The zero-order chi connectivity index (χ0) is 15.8. The van der Waals surface area contributed by atoms with Gasteiger partial charge in [0.1, 0.15) is 0 Å². The lowest BCUT2D eigenvalue weighted by Gasteiger charge is -2.42. The number of carboxylic acid groups (broad SMARTS) is 1. The Kier molecular flexibility index (Phi) is 3.53. The molecule has 0 radical (unpaired) electrons. The molecule has 1 fully saturated rings. The fourth-order valence-electron chi connectivity index (χ4n) is 3.15. The van der Waals surface area contributed by atoms with Gasteiger partial charge in [0.25, 0.3) is 0 Å². The maximum atomic E-state index is 12.0. The number of aromatic nitrogens is 2. The highest BCUT2D eigenvalue weighted by Crippen LogP contribution is 2.38. The van der Waals surface area contributed by atoms with E-state index >= 15 is 0 Å². The van der Waals surface area contributed by atoms with Crippen molar-refractivity contribution in [1.82, 2.24) is 9.78 Å². The van der Waals surface area contributed by atoms with Gasteiger partial charge < -0.3 is 9.84 Å². The van der Waals surface area contributed by atoms with E-state index in [-0.39, 0.29) is 0 Å². The van der Waals surface area contributed by atoms with Gasteiger partial charge in [0.15, 0.2) is 5.54 Å². The van der Waals surface area contributed by atoms with Crippen LogP contribution in [0.2, 0.25) is 0 Å². The molecule has 1 saturated heterocycles. The van der Waals surface area contributed by atoms with Crippen molar-refractivity contribution >= 4 is 5.97 Å². The molecular weight excluding hydrogens is 280 g/mol. The lowest BCUT2D eigenvalue weighted by molar-refractivity contribution is -0.165. The van der Waals surface area contributed by atoms with Crippen LogP contribution < -0.4 is 0 Å². The summed E-state index contributed by atoms with van der Waals surface area (Å²) in [6.45, 7) is 4.26. The molecule has 116 valence electrons. The predicted molar refractivity (Wildman–Crippen MR) is 82.5 cm³/mol. The first-order chi connectivity index (χ1) is 10.4. The van der Waals surface area contributed by atoms with Crippen LogP contribution in [0.4, 0.5) is 0 Å². The molecule has 1 N–H and O–H groups in total. The number of hydrogen-bond donors (Lipinski definition) is 1. The van der Waals surface area contributed by atoms with Crippen LogP contribution in [0.3, 0.4) is 0 Å². The quantitative estimate of drug-likeness (QED) is 0.946. The Morgan fingerprint density at radius 2 is 2.00 bits per heavy atom. The molecule has 5 nitrogen and oxygen atoms in total. The minimum atomic E-state index is -1.05. The molecule has 5 heteroatoms. The zero-order valence-electron chi connectivity index (χ0n) is 12.8. The highest BCUT2D eigenvalue weighted by atomic mass is 16.5. The second-order valence-corrected chi connectivity index (χ2v) is 6.41. The molecule has 0 aliphatic carbocycles. The number of rotatable bonds is 3. The summed E-state index contributed by atoms with van der Waals surface area (Å²) in [6, 6.07) is 9.84. The van der Waals surface area contributed by atoms with Crippen LogP contribution in [0.15, 0.2) is 42.7 Å². The first-order valence-corrected chi connectivity index (χ1v) is 7.41. The predicted octanol–water partition coefficient (Wildman–Crippen LogP) is 2.92. The summed E-state index contributed by atoms with van der Waals surface area (Å²) in [7, 11) is 0. The number of carboxylic acids is 1. The molecule has 1 aromatic heterocycles. The van der Waals surface area contributed by atoms with E-state index in [0.717, 1.165) is 11.1 Å². The fourth-order valence-corrected chi connectivity index (χ4v) is 3.15. The number of nitrogens with zero attached hydrogens (tertiary/aromatic N) is 2. The van der Waals surface area contributed by atoms with Gasteiger partial charge in [0, 0.05) is 24.6 Å². The van der Waals surface area contributed by atoms with Gasteiger partial charge in [0.05, 0.1) is 18.4 Å². The van der Waals surface area contributed by atoms with E-state index in [0.29, 0.717) is 19.4 Å². The molecule has 0 saturated carbocycles. The monoisotopic (exact) mass is 300 g/mol. The topological polar surface area (TPSA) is 64.3 Å². The van der Waals surface area contributed by atoms with E-state index in [1.54, 1.807) is 10.9 Å². The Morgan fingerprint density at radius 3 is 2.64 bits per heavy atom. The van der Waals surface area contributed by atoms with Crippen LogP contribution in [0.1, 0.15) is 26.7 Å². The lowest BCUT2D eigenvalue weighted by Crippen LogP contribution is -2.52. The Labute approximate surface area is 129 Å². The van der Waals surface area contributed by atoms with Gasteiger partial charge in [0.2, 0.25) is 0 Å². The van der Waals surface area contributed by atoms with Crippen molar-refractivity contribution in [2.45, 2.75) is 37.8 Å². The maximum Gasteiger partial charge on any atom is 0.331 e. The first kappa shape index (κ1) is 14.8. The van der Waals surface area contributed by atoms with Gasteiger partial charge in [-0.3, -0.25) is 4.68 Å². The zero-order valence-corrected chi connectivity index (χ0v) is 12.8. The van der Waals surface area contributed by atoms with E-state index in [1.165, 1.54) is 0 Å². The molecule has 0 bridgehead atoms. The SMILES string of the molecule is CC1(C)CC(C(=O)O)(n2cc(-c3ccccc3)cn2)CCO1. The summed E-state index contributed by atoms with van der Waals surface area (Å²) < 4.78 is 7.28. The van der Waals surface area contributed by atoms with Gasteiger partial charge in [-0.05, 0) is 19.4 Å². The summed E-state index contributed by atoms with van der Waals surface area (Å²) >= 11 is 0. The van der Waals surface area contributed by atoms with Crippen LogP contribution in [0.5, 0.6) is 0 Å².